The van der Waals surface area contributed by atoms with Crippen LogP contribution in [-0.2, 0) is 0 Å². The number of aryl methyl sites for hydroxylation is 1. The number of benzene rings is 2. The lowest BCUT2D eigenvalue weighted by atomic mass is 10.1. The molecule has 2 aromatic carbocycles. The minimum absolute atomic E-state index is 0.0428. The lowest BCUT2D eigenvalue weighted by Crippen LogP contribution is -1.95. The highest BCUT2D eigenvalue weighted by Crippen LogP contribution is 2.29. The van der Waals surface area contributed by atoms with Gasteiger partial charge in [-0.1, -0.05) is 0 Å². The van der Waals surface area contributed by atoms with Gasteiger partial charge in [0.15, 0.2) is 11.5 Å². The van der Waals surface area contributed by atoms with Crippen molar-refractivity contribution in [1.82, 2.24) is 0 Å². The Morgan fingerprint density at radius 2 is 1.68 bits per heavy atom. The van der Waals surface area contributed by atoms with Crippen LogP contribution in [0.25, 0.3) is 0 Å². The first-order valence-corrected chi connectivity index (χ1v) is 6.56. The third-order valence-corrected chi connectivity index (χ3v) is 3.19. The first-order chi connectivity index (χ1) is 10.5. The Balaban J connectivity index is 2.27. The highest BCUT2D eigenvalue weighted by Gasteiger charge is 2.07. The zero-order chi connectivity index (χ0) is 16.1. The number of non-ortho nitro benzene ring substituents is 1. The van der Waals surface area contributed by atoms with E-state index in [1.54, 1.807) is 32.6 Å². The molecule has 0 saturated heterocycles. The van der Waals surface area contributed by atoms with Crippen molar-refractivity contribution in [3.8, 4) is 11.5 Å². The second-order valence-electron chi connectivity index (χ2n) is 4.60. The molecular formula is C16H16N2O4. The molecule has 22 heavy (non-hydrogen) atoms. The summed E-state index contributed by atoms with van der Waals surface area (Å²) in [7, 11) is 3.16. The summed E-state index contributed by atoms with van der Waals surface area (Å²) in [6.07, 6.45) is 1.69. The fourth-order valence-electron chi connectivity index (χ4n) is 1.94. The molecule has 2 aromatic rings. The van der Waals surface area contributed by atoms with Gasteiger partial charge in [-0.15, -0.1) is 0 Å². The largest absolute Gasteiger partial charge is 0.493 e. The maximum Gasteiger partial charge on any atom is 0.269 e. The van der Waals surface area contributed by atoms with E-state index >= 15 is 0 Å². The molecule has 2 rings (SSSR count). The van der Waals surface area contributed by atoms with Crippen LogP contribution in [0, 0.1) is 17.0 Å². The highest BCUT2D eigenvalue weighted by molar-refractivity contribution is 5.85. The van der Waals surface area contributed by atoms with E-state index in [2.05, 4.69) is 4.99 Å². The van der Waals surface area contributed by atoms with Crippen LogP contribution in [0.1, 0.15) is 11.1 Å². The van der Waals surface area contributed by atoms with Gasteiger partial charge in [-0.2, -0.15) is 0 Å². The van der Waals surface area contributed by atoms with Crippen molar-refractivity contribution >= 4 is 17.6 Å². The average molecular weight is 300 g/mol. The van der Waals surface area contributed by atoms with Gasteiger partial charge in [0.05, 0.1) is 24.8 Å². The van der Waals surface area contributed by atoms with Crippen molar-refractivity contribution in [3.05, 3.63) is 57.6 Å². The summed E-state index contributed by atoms with van der Waals surface area (Å²) in [6.45, 7) is 1.94. The molecular weight excluding hydrogens is 284 g/mol. The number of nitro benzene ring substituents is 1. The molecule has 0 aromatic heterocycles. The van der Waals surface area contributed by atoms with E-state index in [-0.39, 0.29) is 5.69 Å². The monoisotopic (exact) mass is 300 g/mol. The minimum Gasteiger partial charge on any atom is -0.493 e. The van der Waals surface area contributed by atoms with Gasteiger partial charge in [-0.3, -0.25) is 15.1 Å². The molecule has 0 unspecified atom stereocenters. The van der Waals surface area contributed by atoms with Crippen molar-refractivity contribution < 1.29 is 14.4 Å². The third-order valence-electron chi connectivity index (χ3n) is 3.19. The van der Waals surface area contributed by atoms with Crippen molar-refractivity contribution in [2.75, 3.05) is 14.2 Å². The Labute approximate surface area is 128 Å². The maximum atomic E-state index is 10.6. The van der Waals surface area contributed by atoms with Crippen molar-refractivity contribution in [2.24, 2.45) is 4.99 Å². The number of nitrogens with zero attached hydrogens (tertiary/aromatic N) is 2. The molecule has 0 aliphatic heterocycles. The average Bonchev–Trinajstić information content (AvgIpc) is 2.53. The van der Waals surface area contributed by atoms with Crippen molar-refractivity contribution in [2.45, 2.75) is 6.92 Å². The van der Waals surface area contributed by atoms with E-state index in [1.165, 1.54) is 12.1 Å². The normalized spacial score (nSPS) is 10.7. The van der Waals surface area contributed by atoms with Gasteiger partial charge >= 0.3 is 0 Å². The molecule has 114 valence electrons. The lowest BCUT2D eigenvalue weighted by Gasteiger charge is -2.10. The third kappa shape index (κ3) is 3.41. The number of methoxy groups -OCH3 is 2. The van der Waals surface area contributed by atoms with Crippen molar-refractivity contribution in [1.29, 1.82) is 0 Å². The Kier molecular flexibility index (Phi) is 4.73. The second-order valence-corrected chi connectivity index (χ2v) is 4.60. The number of nitro groups is 1. The van der Waals surface area contributed by atoms with Gasteiger partial charge in [0.25, 0.3) is 5.69 Å². The van der Waals surface area contributed by atoms with E-state index < -0.39 is 4.92 Å². The van der Waals surface area contributed by atoms with Crippen molar-refractivity contribution in [3.63, 3.8) is 0 Å². The van der Waals surface area contributed by atoms with Gasteiger partial charge in [0, 0.05) is 18.3 Å². The van der Waals surface area contributed by atoms with Gasteiger partial charge in [-0.05, 0) is 42.3 Å². The summed E-state index contributed by atoms with van der Waals surface area (Å²) < 4.78 is 10.5. The fraction of sp³-hybridized carbons (Fsp3) is 0.188. The fourth-order valence-corrected chi connectivity index (χ4v) is 1.94. The molecule has 0 N–H and O–H groups in total. The molecule has 0 spiro atoms. The predicted molar refractivity (Wildman–Crippen MR) is 84.6 cm³/mol. The highest BCUT2D eigenvalue weighted by atomic mass is 16.6. The van der Waals surface area contributed by atoms with E-state index in [0.717, 1.165) is 11.1 Å². The number of aliphatic imine (C=N–C) groups is 1. The molecule has 0 saturated carbocycles. The number of rotatable bonds is 5. The molecule has 0 heterocycles. The first kappa shape index (κ1) is 15.5. The van der Waals surface area contributed by atoms with E-state index in [0.29, 0.717) is 17.2 Å². The van der Waals surface area contributed by atoms with Crippen LogP contribution in [0.5, 0.6) is 11.5 Å². The molecule has 6 nitrogen and oxygen atoms in total. The standard InChI is InChI=1S/C16H16N2O4/c1-11-8-15(21-2)16(22-3)9-12(11)10-17-13-4-6-14(7-5-13)18(19)20/h4-10H,1-3H3. The summed E-state index contributed by atoms with van der Waals surface area (Å²) in [5.41, 5.74) is 2.56. The number of hydrogen-bond donors (Lipinski definition) is 0. The summed E-state index contributed by atoms with van der Waals surface area (Å²) >= 11 is 0. The Hall–Kier alpha value is -2.89. The molecule has 0 aliphatic carbocycles. The first-order valence-electron chi connectivity index (χ1n) is 6.56. The smallest absolute Gasteiger partial charge is 0.269 e. The van der Waals surface area contributed by atoms with Gasteiger partial charge in [-0.25, -0.2) is 0 Å². The Morgan fingerprint density at radius 3 is 2.23 bits per heavy atom. The van der Waals surface area contributed by atoms with Crippen LogP contribution in [0.2, 0.25) is 0 Å². The van der Waals surface area contributed by atoms with E-state index in [1.807, 2.05) is 19.1 Å². The van der Waals surface area contributed by atoms with E-state index in [4.69, 9.17) is 9.47 Å². The quantitative estimate of drug-likeness (QED) is 0.479. The predicted octanol–water partition coefficient (Wildman–Crippen LogP) is 3.67. The Bertz CT molecular complexity index is 709. The lowest BCUT2D eigenvalue weighted by molar-refractivity contribution is -0.384. The molecule has 0 atom stereocenters. The van der Waals surface area contributed by atoms with Gasteiger partial charge in [0.2, 0.25) is 0 Å². The molecule has 6 heteroatoms. The van der Waals surface area contributed by atoms with Crippen LogP contribution in [0.4, 0.5) is 11.4 Å². The van der Waals surface area contributed by atoms with Crippen LogP contribution in [0.3, 0.4) is 0 Å². The molecule has 0 fully saturated rings. The van der Waals surface area contributed by atoms with Crippen LogP contribution in [-0.4, -0.2) is 25.4 Å². The van der Waals surface area contributed by atoms with Crippen LogP contribution >= 0.6 is 0 Å². The zero-order valence-corrected chi connectivity index (χ0v) is 12.6. The van der Waals surface area contributed by atoms with Crippen LogP contribution < -0.4 is 9.47 Å². The minimum atomic E-state index is -0.439. The zero-order valence-electron chi connectivity index (χ0n) is 12.6. The SMILES string of the molecule is COc1cc(C)c(C=Nc2ccc([N+](=O)[O-])cc2)cc1OC. The summed E-state index contributed by atoms with van der Waals surface area (Å²) in [4.78, 5) is 14.5. The molecule has 0 radical (unpaired) electrons. The Morgan fingerprint density at radius 1 is 1.09 bits per heavy atom. The number of ether oxygens (including phenoxy) is 2. The summed E-state index contributed by atoms with van der Waals surface area (Å²) in [5, 5.41) is 10.6. The van der Waals surface area contributed by atoms with Crippen LogP contribution in [0.15, 0.2) is 41.4 Å². The van der Waals surface area contributed by atoms with E-state index in [9.17, 15) is 10.1 Å². The number of hydrogen-bond acceptors (Lipinski definition) is 5. The maximum absolute atomic E-state index is 10.6. The topological polar surface area (TPSA) is 74.0 Å². The second kappa shape index (κ2) is 6.71. The molecule has 0 amide bonds. The van der Waals surface area contributed by atoms with Gasteiger partial charge in [0.1, 0.15) is 0 Å². The molecule has 0 aliphatic rings. The summed E-state index contributed by atoms with van der Waals surface area (Å²) in [5.74, 6) is 1.28. The summed E-state index contributed by atoms with van der Waals surface area (Å²) in [6, 6.07) is 9.76. The molecule has 0 bridgehead atoms. The van der Waals surface area contributed by atoms with Gasteiger partial charge < -0.3 is 9.47 Å².